The molecule has 0 aromatic heterocycles. The summed E-state index contributed by atoms with van der Waals surface area (Å²) >= 11 is 5.82. The Morgan fingerprint density at radius 3 is 2.87 bits per heavy atom. The number of halogens is 1. The van der Waals surface area contributed by atoms with Crippen LogP contribution >= 0.6 is 11.6 Å². The first kappa shape index (κ1) is 17.6. The molecule has 1 saturated heterocycles. The predicted octanol–water partition coefficient (Wildman–Crippen LogP) is 2.26. The van der Waals surface area contributed by atoms with Crippen molar-refractivity contribution in [1.82, 2.24) is 4.90 Å². The van der Waals surface area contributed by atoms with Crippen molar-refractivity contribution < 1.29 is 19.4 Å². The normalized spacial score (nSPS) is 18.2. The standard InChI is InChI=1S/C16H21ClN2O4/c1-10(2)23-15(21)9-19-6-5-11(8-19)16(22)18-12-3-4-14(20)13(17)7-12/h3-4,7,10-11,20H,5-6,8-9H2,1-2H3,(H,18,22)/t11-/m1/s1. The third-order valence-electron chi connectivity index (χ3n) is 3.58. The number of hydrogen-bond acceptors (Lipinski definition) is 5. The number of ether oxygens (including phenoxy) is 1. The van der Waals surface area contributed by atoms with Gasteiger partial charge in [0.15, 0.2) is 0 Å². The lowest BCUT2D eigenvalue weighted by atomic mass is 10.1. The number of carbonyl (C=O) groups excluding carboxylic acids is 2. The molecule has 1 aromatic carbocycles. The van der Waals surface area contributed by atoms with Crippen molar-refractivity contribution in [2.24, 2.45) is 5.92 Å². The lowest BCUT2D eigenvalue weighted by molar-refractivity contribution is -0.148. The molecule has 126 valence electrons. The highest BCUT2D eigenvalue weighted by Crippen LogP contribution is 2.27. The Morgan fingerprint density at radius 2 is 2.22 bits per heavy atom. The van der Waals surface area contributed by atoms with Crippen molar-refractivity contribution in [3.05, 3.63) is 23.2 Å². The Labute approximate surface area is 140 Å². The molecule has 0 saturated carbocycles. The highest BCUT2D eigenvalue weighted by Gasteiger charge is 2.29. The zero-order chi connectivity index (χ0) is 17.0. The predicted molar refractivity (Wildman–Crippen MR) is 87.5 cm³/mol. The van der Waals surface area contributed by atoms with Crippen LogP contribution in [0.5, 0.6) is 5.75 Å². The van der Waals surface area contributed by atoms with Gasteiger partial charge in [0.05, 0.1) is 23.6 Å². The fraction of sp³-hybridized carbons (Fsp3) is 0.500. The molecule has 0 spiro atoms. The fourth-order valence-electron chi connectivity index (χ4n) is 2.50. The average Bonchev–Trinajstić information content (AvgIpc) is 2.90. The van der Waals surface area contributed by atoms with E-state index in [0.29, 0.717) is 25.2 Å². The van der Waals surface area contributed by atoms with E-state index < -0.39 is 0 Å². The molecule has 6 nitrogen and oxygen atoms in total. The number of likely N-dealkylation sites (tertiary alicyclic amines) is 1. The van der Waals surface area contributed by atoms with Gasteiger partial charge in [-0.25, -0.2) is 0 Å². The third-order valence-corrected chi connectivity index (χ3v) is 3.88. The van der Waals surface area contributed by atoms with Gasteiger partial charge in [-0.15, -0.1) is 0 Å². The van der Waals surface area contributed by atoms with Crippen LogP contribution in [0.3, 0.4) is 0 Å². The molecule has 1 heterocycles. The number of hydrogen-bond donors (Lipinski definition) is 2. The van der Waals surface area contributed by atoms with E-state index in [2.05, 4.69) is 5.32 Å². The van der Waals surface area contributed by atoms with Crippen molar-refractivity contribution >= 4 is 29.2 Å². The van der Waals surface area contributed by atoms with E-state index >= 15 is 0 Å². The minimum Gasteiger partial charge on any atom is -0.506 e. The van der Waals surface area contributed by atoms with Crippen molar-refractivity contribution in [2.75, 3.05) is 25.0 Å². The Hall–Kier alpha value is -1.79. The van der Waals surface area contributed by atoms with Crippen LogP contribution in [0.2, 0.25) is 5.02 Å². The number of nitrogens with one attached hydrogen (secondary N) is 1. The quantitative estimate of drug-likeness (QED) is 0.635. The first-order chi connectivity index (χ1) is 10.8. The number of amides is 1. The molecule has 1 fully saturated rings. The molecule has 2 rings (SSSR count). The maximum Gasteiger partial charge on any atom is 0.320 e. The highest BCUT2D eigenvalue weighted by molar-refractivity contribution is 6.32. The smallest absolute Gasteiger partial charge is 0.320 e. The monoisotopic (exact) mass is 340 g/mol. The molecule has 1 aliphatic heterocycles. The van der Waals surface area contributed by atoms with Crippen LogP contribution < -0.4 is 5.32 Å². The first-order valence-corrected chi connectivity index (χ1v) is 7.94. The summed E-state index contributed by atoms with van der Waals surface area (Å²) in [5.41, 5.74) is 0.537. The summed E-state index contributed by atoms with van der Waals surface area (Å²) in [6.07, 6.45) is 0.551. The van der Waals surface area contributed by atoms with E-state index in [1.54, 1.807) is 19.9 Å². The van der Waals surface area contributed by atoms with Gasteiger partial charge in [-0.05, 0) is 45.0 Å². The molecule has 23 heavy (non-hydrogen) atoms. The van der Waals surface area contributed by atoms with Crippen LogP contribution in [0.1, 0.15) is 20.3 Å². The molecule has 0 bridgehead atoms. The second-order valence-corrected chi connectivity index (χ2v) is 6.32. The van der Waals surface area contributed by atoms with E-state index in [1.165, 1.54) is 12.1 Å². The SMILES string of the molecule is CC(C)OC(=O)CN1CC[C@@H](C(=O)Nc2ccc(O)c(Cl)c2)C1. The minimum atomic E-state index is -0.272. The number of rotatable bonds is 5. The van der Waals surface area contributed by atoms with Gasteiger partial charge in [-0.2, -0.15) is 0 Å². The number of anilines is 1. The summed E-state index contributed by atoms with van der Waals surface area (Å²) in [6, 6.07) is 4.52. The number of esters is 1. The zero-order valence-electron chi connectivity index (χ0n) is 13.2. The van der Waals surface area contributed by atoms with Crippen molar-refractivity contribution in [1.29, 1.82) is 0 Å². The number of carbonyl (C=O) groups is 2. The lowest BCUT2D eigenvalue weighted by Crippen LogP contribution is -2.32. The maximum atomic E-state index is 12.3. The average molecular weight is 341 g/mol. The van der Waals surface area contributed by atoms with E-state index in [-0.39, 0.29) is 41.2 Å². The number of nitrogens with zero attached hydrogens (tertiary/aromatic N) is 1. The largest absolute Gasteiger partial charge is 0.506 e. The molecule has 7 heteroatoms. The van der Waals surface area contributed by atoms with Crippen molar-refractivity contribution in [2.45, 2.75) is 26.4 Å². The van der Waals surface area contributed by atoms with E-state index in [1.807, 2.05) is 4.90 Å². The summed E-state index contributed by atoms with van der Waals surface area (Å²) < 4.78 is 5.11. The Morgan fingerprint density at radius 1 is 1.48 bits per heavy atom. The summed E-state index contributed by atoms with van der Waals surface area (Å²) in [5, 5.41) is 12.3. The number of phenols is 1. The van der Waals surface area contributed by atoms with Crippen LogP contribution in [0, 0.1) is 5.92 Å². The molecule has 1 aromatic rings. The van der Waals surface area contributed by atoms with E-state index in [9.17, 15) is 14.7 Å². The van der Waals surface area contributed by atoms with Gasteiger partial charge < -0.3 is 15.2 Å². The van der Waals surface area contributed by atoms with Crippen LogP contribution in [0.15, 0.2) is 18.2 Å². The van der Waals surface area contributed by atoms with Crippen molar-refractivity contribution in [3.8, 4) is 5.75 Å². The van der Waals surface area contributed by atoms with E-state index in [0.717, 1.165) is 0 Å². The van der Waals surface area contributed by atoms with Crippen LogP contribution in [-0.4, -0.2) is 47.6 Å². The zero-order valence-corrected chi connectivity index (χ0v) is 14.0. The van der Waals surface area contributed by atoms with Crippen molar-refractivity contribution in [3.63, 3.8) is 0 Å². The van der Waals surface area contributed by atoms with Gasteiger partial charge >= 0.3 is 5.97 Å². The first-order valence-electron chi connectivity index (χ1n) is 7.56. The molecule has 1 amide bonds. The molecule has 1 atom stereocenters. The van der Waals surface area contributed by atoms with Crippen LogP contribution in [0.4, 0.5) is 5.69 Å². The van der Waals surface area contributed by atoms with Gasteiger partial charge in [0.1, 0.15) is 5.75 Å². The third kappa shape index (κ3) is 5.11. The van der Waals surface area contributed by atoms with Gasteiger partial charge in [0.2, 0.25) is 5.91 Å². The molecule has 0 unspecified atom stereocenters. The molecule has 1 aliphatic rings. The van der Waals surface area contributed by atoms with Crippen LogP contribution in [-0.2, 0) is 14.3 Å². The van der Waals surface area contributed by atoms with Crippen LogP contribution in [0.25, 0.3) is 0 Å². The molecule has 2 N–H and O–H groups in total. The second-order valence-electron chi connectivity index (χ2n) is 5.91. The molecular weight excluding hydrogens is 320 g/mol. The Bertz CT molecular complexity index is 591. The summed E-state index contributed by atoms with van der Waals surface area (Å²) in [6.45, 7) is 5.02. The number of benzene rings is 1. The number of aromatic hydroxyl groups is 1. The molecule has 0 radical (unpaired) electrons. The van der Waals surface area contributed by atoms with Gasteiger partial charge in [-0.3, -0.25) is 14.5 Å². The van der Waals surface area contributed by atoms with Gasteiger partial charge in [-0.1, -0.05) is 11.6 Å². The minimum absolute atomic E-state index is 0.0274. The lowest BCUT2D eigenvalue weighted by Gasteiger charge is -2.16. The topological polar surface area (TPSA) is 78.9 Å². The van der Waals surface area contributed by atoms with Gasteiger partial charge in [0.25, 0.3) is 0 Å². The molecular formula is C16H21ClN2O4. The maximum absolute atomic E-state index is 12.3. The fourth-order valence-corrected chi connectivity index (χ4v) is 2.68. The summed E-state index contributed by atoms with van der Waals surface area (Å²) in [7, 11) is 0. The summed E-state index contributed by atoms with van der Waals surface area (Å²) in [5.74, 6) is -0.604. The Balaban J connectivity index is 1.84. The number of phenolic OH excluding ortho intramolecular Hbond substituents is 1. The molecule has 0 aliphatic carbocycles. The highest BCUT2D eigenvalue weighted by atomic mass is 35.5. The Kier molecular flexibility index (Phi) is 5.85. The van der Waals surface area contributed by atoms with E-state index in [4.69, 9.17) is 16.3 Å². The second kappa shape index (κ2) is 7.66. The van der Waals surface area contributed by atoms with Gasteiger partial charge in [0, 0.05) is 12.2 Å². The summed E-state index contributed by atoms with van der Waals surface area (Å²) in [4.78, 5) is 25.8.